The number of guanidine groups is 1. The van der Waals surface area contributed by atoms with Crippen LogP contribution in [0.25, 0.3) is 0 Å². The third kappa shape index (κ3) is 8.79. The van der Waals surface area contributed by atoms with Gasteiger partial charge in [-0.05, 0) is 52.2 Å². The zero-order valence-electron chi connectivity index (χ0n) is 19.3. The van der Waals surface area contributed by atoms with E-state index < -0.39 is 0 Å². The van der Waals surface area contributed by atoms with Gasteiger partial charge in [0.15, 0.2) is 5.96 Å². The molecule has 1 heterocycles. The van der Waals surface area contributed by atoms with E-state index in [4.69, 9.17) is 4.99 Å². The van der Waals surface area contributed by atoms with Crippen molar-refractivity contribution >= 4 is 35.8 Å². The Balaban J connectivity index is 0.00000450. The molecule has 0 saturated carbocycles. The lowest BCUT2D eigenvalue weighted by Crippen LogP contribution is -2.45. The van der Waals surface area contributed by atoms with Crippen molar-refractivity contribution in [1.82, 2.24) is 20.4 Å². The summed E-state index contributed by atoms with van der Waals surface area (Å²) in [5.41, 5.74) is 2.34. The highest BCUT2D eigenvalue weighted by atomic mass is 127. The van der Waals surface area contributed by atoms with Crippen LogP contribution in [0, 0.1) is 0 Å². The van der Waals surface area contributed by atoms with Gasteiger partial charge in [-0.1, -0.05) is 24.3 Å². The molecule has 1 aliphatic rings. The molecule has 1 aromatic rings. The van der Waals surface area contributed by atoms with Crippen LogP contribution in [-0.4, -0.2) is 59.9 Å². The van der Waals surface area contributed by atoms with Crippen molar-refractivity contribution in [3.63, 3.8) is 0 Å². The molecule has 2 N–H and O–H groups in total. The van der Waals surface area contributed by atoms with E-state index in [9.17, 15) is 4.79 Å². The molecule has 0 spiro atoms. The fraction of sp³-hybridized carbons (Fsp3) is 0.652. The molecule has 30 heavy (non-hydrogen) atoms. The van der Waals surface area contributed by atoms with Crippen molar-refractivity contribution in [2.75, 3.05) is 26.2 Å². The molecule has 1 aromatic carbocycles. The summed E-state index contributed by atoms with van der Waals surface area (Å²) in [5.74, 6) is 1.11. The fourth-order valence-corrected chi connectivity index (χ4v) is 3.85. The number of nitrogens with one attached hydrogen (secondary N) is 2. The number of amides is 1. The number of halogens is 1. The Labute approximate surface area is 199 Å². The van der Waals surface area contributed by atoms with Crippen LogP contribution < -0.4 is 10.6 Å². The largest absolute Gasteiger partial charge is 0.357 e. The summed E-state index contributed by atoms with van der Waals surface area (Å²) in [4.78, 5) is 21.0. The standard InChI is InChI=1S/C23H39N5O.HI/c1-6-24-23(25-12-14-28(18(2)3)19(4)5)26-16-20-9-7-10-21(15-20)17-27-13-8-11-22(27)29;/h7,9-10,15,18-19H,6,8,11-14,16-17H2,1-5H3,(H2,24,25,26);1H. The van der Waals surface area contributed by atoms with E-state index >= 15 is 0 Å². The molecule has 0 atom stereocenters. The van der Waals surface area contributed by atoms with Crippen LogP contribution in [-0.2, 0) is 17.9 Å². The van der Waals surface area contributed by atoms with Crippen LogP contribution in [0.4, 0.5) is 0 Å². The maximum absolute atomic E-state index is 11.9. The molecule has 1 amide bonds. The molecule has 6 nitrogen and oxygen atoms in total. The van der Waals surface area contributed by atoms with Crippen molar-refractivity contribution in [2.45, 2.75) is 72.6 Å². The summed E-state index contributed by atoms with van der Waals surface area (Å²) in [5, 5.41) is 6.79. The molecule has 7 heteroatoms. The lowest BCUT2D eigenvalue weighted by Gasteiger charge is -2.30. The first-order chi connectivity index (χ1) is 13.9. The third-order valence-electron chi connectivity index (χ3n) is 5.29. The Hall–Kier alpha value is -1.35. The first kappa shape index (κ1) is 26.7. The SMILES string of the molecule is CCNC(=NCc1cccc(CN2CCCC2=O)c1)NCCN(C(C)C)C(C)C.I. The summed E-state index contributed by atoms with van der Waals surface area (Å²) >= 11 is 0. The predicted octanol–water partition coefficient (Wildman–Crippen LogP) is 3.60. The number of nitrogens with zero attached hydrogens (tertiary/aromatic N) is 3. The van der Waals surface area contributed by atoms with E-state index in [1.165, 1.54) is 5.56 Å². The summed E-state index contributed by atoms with van der Waals surface area (Å²) < 4.78 is 0. The normalized spacial score (nSPS) is 14.6. The minimum absolute atomic E-state index is 0. The summed E-state index contributed by atoms with van der Waals surface area (Å²) in [6, 6.07) is 9.47. The number of aliphatic imine (C=N–C) groups is 1. The van der Waals surface area contributed by atoms with Crippen molar-refractivity contribution < 1.29 is 4.79 Å². The van der Waals surface area contributed by atoms with Crippen LogP contribution in [0.15, 0.2) is 29.3 Å². The van der Waals surface area contributed by atoms with Crippen molar-refractivity contribution in [3.05, 3.63) is 35.4 Å². The highest BCUT2D eigenvalue weighted by Crippen LogP contribution is 2.15. The second-order valence-corrected chi connectivity index (χ2v) is 8.29. The van der Waals surface area contributed by atoms with Gasteiger partial charge in [0.25, 0.3) is 0 Å². The third-order valence-corrected chi connectivity index (χ3v) is 5.29. The average molecular weight is 530 g/mol. The van der Waals surface area contributed by atoms with Gasteiger partial charge in [-0.25, -0.2) is 4.99 Å². The van der Waals surface area contributed by atoms with Gasteiger partial charge in [0, 0.05) is 51.2 Å². The van der Waals surface area contributed by atoms with Crippen LogP contribution in [0.5, 0.6) is 0 Å². The molecule has 1 fully saturated rings. The van der Waals surface area contributed by atoms with Gasteiger partial charge in [0.05, 0.1) is 6.54 Å². The quantitative estimate of drug-likeness (QED) is 0.276. The van der Waals surface area contributed by atoms with Crippen LogP contribution in [0.3, 0.4) is 0 Å². The highest BCUT2D eigenvalue weighted by Gasteiger charge is 2.19. The summed E-state index contributed by atoms with van der Waals surface area (Å²) in [6.07, 6.45) is 1.67. The van der Waals surface area contributed by atoms with Crippen LogP contribution in [0.1, 0.15) is 58.6 Å². The molecule has 0 unspecified atom stereocenters. The second kappa shape index (κ2) is 13.9. The Morgan fingerprint density at radius 3 is 2.47 bits per heavy atom. The Morgan fingerprint density at radius 1 is 1.17 bits per heavy atom. The van der Waals surface area contributed by atoms with E-state index in [0.717, 1.165) is 44.1 Å². The maximum Gasteiger partial charge on any atom is 0.222 e. The number of carbonyl (C=O) groups is 1. The van der Waals surface area contributed by atoms with Crippen LogP contribution >= 0.6 is 24.0 Å². The molecule has 0 aromatic heterocycles. The zero-order chi connectivity index (χ0) is 21.2. The summed E-state index contributed by atoms with van der Waals surface area (Å²) in [7, 11) is 0. The van der Waals surface area contributed by atoms with Gasteiger partial charge in [0.1, 0.15) is 0 Å². The number of likely N-dealkylation sites (tertiary alicyclic amines) is 1. The molecule has 1 aliphatic heterocycles. The van der Waals surface area contributed by atoms with Gasteiger partial charge in [-0.2, -0.15) is 0 Å². The van der Waals surface area contributed by atoms with Gasteiger partial charge in [-0.3, -0.25) is 9.69 Å². The molecule has 0 aliphatic carbocycles. The number of benzene rings is 1. The molecule has 170 valence electrons. The monoisotopic (exact) mass is 529 g/mol. The number of hydrogen-bond acceptors (Lipinski definition) is 3. The van der Waals surface area contributed by atoms with Crippen molar-refractivity contribution in [2.24, 2.45) is 4.99 Å². The highest BCUT2D eigenvalue weighted by molar-refractivity contribution is 14.0. The summed E-state index contributed by atoms with van der Waals surface area (Å²) in [6.45, 7) is 15.9. The van der Waals surface area contributed by atoms with E-state index in [0.29, 0.717) is 31.6 Å². The van der Waals surface area contributed by atoms with Crippen LogP contribution in [0.2, 0.25) is 0 Å². The van der Waals surface area contributed by atoms with Crippen molar-refractivity contribution in [1.29, 1.82) is 0 Å². The predicted molar refractivity (Wildman–Crippen MR) is 136 cm³/mol. The molecule has 0 radical (unpaired) electrons. The minimum Gasteiger partial charge on any atom is -0.357 e. The molecular weight excluding hydrogens is 489 g/mol. The number of rotatable bonds is 10. The second-order valence-electron chi connectivity index (χ2n) is 8.29. The first-order valence-corrected chi connectivity index (χ1v) is 11.0. The lowest BCUT2D eigenvalue weighted by atomic mass is 10.1. The number of carbonyl (C=O) groups excluding carboxylic acids is 1. The average Bonchev–Trinajstić information content (AvgIpc) is 3.07. The fourth-order valence-electron chi connectivity index (χ4n) is 3.85. The van der Waals surface area contributed by atoms with E-state index in [2.05, 4.69) is 74.4 Å². The molecule has 1 saturated heterocycles. The van der Waals surface area contributed by atoms with Crippen molar-refractivity contribution in [3.8, 4) is 0 Å². The smallest absolute Gasteiger partial charge is 0.222 e. The lowest BCUT2D eigenvalue weighted by molar-refractivity contribution is -0.128. The Morgan fingerprint density at radius 2 is 1.87 bits per heavy atom. The zero-order valence-corrected chi connectivity index (χ0v) is 21.6. The minimum atomic E-state index is 0. The Bertz CT molecular complexity index is 669. The molecule has 0 bridgehead atoms. The van der Waals surface area contributed by atoms with Gasteiger partial charge >= 0.3 is 0 Å². The first-order valence-electron chi connectivity index (χ1n) is 11.0. The number of hydrogen-bond donors (Lipinski definition) is 2. The van der Waals surface area contributed by atoms with E-state index in [1.54, 1.807) is 0 Å². The molecule has 2 rings (SSSR count). The topological polar surface area (TPSA) is 60.0 Å². The Kier molecular flexibility index (Phi) is 12.3. The van der Waals surface area contributed by atoms with Gasteiger partial charge in [0.2, 0.25) is 5.91 Å². The maximum atomic E-state index is 11.9. The van der Waals surface area contributed by atoms with Gasteiger partial charge in [-0.15, -0.1) is 24.0 Å². The van der Waals surface area contributed by atoms with Gasteiger partial charge < -0.3 is 15.5 Å². The van der Waals surface area contributed by atoms with E-state index in [1.807, 2.05) is 4.90 Å². The molecular formula is C23H40IN5O. The van der Waals surface area contributed by atoms with E-state index in [-0.39, 0.29) is 29.9 Å².